The van der Waals surface area contributed by atoms with Crippen LogP contribution < -0.4 is 15.4 Å². The van der Waals surface area contributed by atoms with Crippen molar-refractivity contribution in [1.29, 1.82) is 0 Å². The number of nitrogens with two attached hydrogens (primary N) is 1. The Morgan fingerprint density at radius 2 is 2.19 bits per heavy atom. The molecule has 0 aliphatic carbocycles. The van der Waals surface area contributed by atoms with Crippen LogP contribution in [0, 0.1) is 0 Å². The molecule has 2 N–H and O–H groups in total. The molecule has 21 heavy (non-hydrogen) atoms. The summed E-state index contributed by atoms with van der Waals surface area (Å²) in [6.07, 6.45) is 0.147. The number of esters is 1. The quantitative estimate of drug-likeness (QED) is 0.660. The molecule has 1 heterocycles. The lowest BCUT2D eigenvalue weighted by atomic mass is 10.1. The summed E-state index contributed by atoms with van der Waals surface area (Å²) in [5, 5.41) is 0. The first kappa shape index (κ1) is 15.2. The minimum absolute atomic E-state index is 0.129. The zero-order valence-corrected chi connectivity index (χ0v) is 12.3. The third-order valence-electron chi connectivity index (χ3n) is 3.33. The van der Waals surface area contributed by atoms with E-state index in [1.165, 1.54) is 4.90 Å². The number of benzene rings is 1. The van der Waals surface area contributed by atoms with Gasteiger partial charge in [0.15, 0.2) is 6.10 Å². The van der Waals surface area contributed by atoms with Gasteiger partial charge in [-0.15, -0.1) is 0 Å². The van der Waals surface area contributed by atoms with Gasteiger partial charge >= 0.3 is 5.97 Å². The van der Waals surface area contributed by atoms with Gasteiger partial charge in [-0.1, -0.05) is 13.0 Å². The van der Waals surface area contributed by atoms with E-state index >= 15 is 0 Å². The normalized spacial score (nSPS) is 17.1. The maximum absolute atomic E-state index is 12.4. The van der Waals surface area contributed by atoms with Crippen molar-refractivity contribution >= 4 is 23.3 Å². The van der Waals surface area contributed by atoms with Crippen molar-refractivity contribution in [3.63, 3.8) is 0 Å². The largest absolute Gasteiger partial charge is 0.478 e. The third kappa shape index (κ3) is 3.09. The molecule has 0 bridgehead atoms. The van der Waals surface area contributed by atoms with Gasteiger partial charge in [-0.25, -0.2) is 0 Å². The summed E-state index contributed by atoms with van der Waals surface area (Å²) < 4.78 is 10.6. The Balaban J connectivity index is 2.25. The Hall–Kier alpha value is -2.24. The van der Waals surface area contributed by atoms with Crippen molar-refractivity contribution in [2.45, 2.75) is 32.8 Å². The number of nitrogens with zero attached hydrogens (tertiary/aromatic N) is 1. The molecule has 1 atom stereocenters. The predicted octanol–water partition coefficient (Wildman–Crippen LogP) is 1.73. The monoisotopic (exact) mass is 292 g/mol. The molecule has 6 nitrogen and oxygen atoms in total. The molecule has 0 saturated carbocycles. The topological polar surface area (TPSA) is 81.9 Å². The minimum Gasteiger partial charge on any atom is -0.478 e. The van der Waals surface area contributed by atoms with Crippen LogP contribution >= 0.6 is 0 Å². The lowest BCUT2D eigenvalue weighted by Gasteiger charge is -2.34. The zero-order chi connectivity index (χ0) is 15.4. The minimum atomic E-state index is -0.540. The van der Waals surface area contributed by atoms with Gasteiger partial charge in [0.25, 0.3) is 5.91 Å². The number of fused-ring (bicyclic) bond motifs is 1. The van der Waals surface area contributed by atoms with Crippen LogP contribution in [0.15, 0.2) is 18.2 Å². The van der Waals surface area contributed by atoms with Gasteiger partial charge < -0.3 is 20.1 Å². The van der Waals surface area contributed by atoms with Gasteiger partial charge in [-0.2, -0.15) is 0 Å². The fourth-order valence-electron chi connectivity index (χ4n) is 2.33. The van der Waals surface area contributed by atoms with E-state index < -0.39 is 6.10 Å². The van der Waals surface area contributed by atoms with Crippen LogP contribution in [-0.4, -0.2) is 31.1 Å². The average Bonchev–Trinajstić information content (AvgIpc) is 2.46. The Morgan fingerprint density at radius 3 is 2.86 bits per heavy atom. The highest BCUT2D eigenvalue weighted by atomic mass is 16.5. The number of ether oxygens (including phenoxy) is 2. The highest BCUT2D eigenvalue weighted by Gasteiger charge is 2.34. The lowest BCUT2D eigenvalue weighted by Crippen LogP contribution is -2.46. The van der Waals surface area contributed by atoms with Crippen LogP contribution in [0.3, 0.4) is 0 Å². The van der Waals surface area contributed by atoms with E-state index in [4.69, 9.17) is 15.2 Å². The molecule has 114 valence electrons. The van der Waals surface area contributed by atoms with Crippen molar-refractivity contribution in [2.75, 3.05) is 23.8 Å². The first-order chi connectivity index (χ1) is 10.1. The molecule has 1 aromatic carbocycles. The number of rotatable bonds is 5. The molecule has 1 amide bonds. The first-order valence-electron chi connectivity index (χ1n) is 7.10. The SMILES string of the molecule is CCOC(=O)CCN1C(=O)C(CC)Oc2cccc(N)c21. The Morgan fingerprint density at radius 1 is 1.43 bits per heavy atom. The number of para-hydroxylation sites is 1. The summed E-state index contributed by atoms with van der Waals surface area (Å²) in [7, 11) is 0. The molecule has 1 unspecified atom stereocenters. The van der Waals surface area contributed by atoms with Crippen LogP contribution in [0.1, 0.15) is 26.7 Å². The number of carbonyl (C=O) groups excluding carboxylic acids is 2. The van der Waals surface area contributed by atoms with E-state index in [2.05, 4.69) is 0 Å². The molecule has 0 saturated heterocycles. The number of nitrogen functional groups attached to an aromatic ring is 1. The number of hydrogen-bond donors (Lipinski definition) is 1. The molecule has 2 rings (SSSR count). The number of amides is 1. The summed E-state index contributed by atoms with van der Waals surface area (Å²) in [6, 6.07) is 5.26. The molecule has 1 aromatic rings. The molecular formula is C15H20N2O4. The standard InChI is InChI=1S/C15H20N2O4/c1-3-11-15(19)17(9-8-13(18)20-4-2)14-10(16)6-5-7-12(14)21-11/h5-7,11H,3-4,8-9,16H2,1-2H3. The summed E-state index contributed by atoms with van der Waals surface area (Å²) >= 11 is 0. The van der Waals surface area contributed by atoms with Crippen LogP contribution in [0.2, 0.25) is 0 Å². The van der Waals surface area contributed by atoms with Gasteiger partial charge in [-0.05, 0) is 25.5 Å². The molecule has 6 heteroatoms. The van der Waals surface area contributed by atoms with Gasteiger partial charge in [0.1, 0.15) is 11.4 Å². The summed E-state index contributed by atoms with van der Waals surface area (Å²) in [6.45, 7) is 4.19. The second-order valence-electron chi connectivity index (χ2n) is 4.75. The van der Waals surface area contributed by atoms with Gasteiger partial charge in [0, 0.05) is 6.54 Å². The fourth-order valence-corrected chi connectivity index (χ4v) is 2.33. The van der Waals surface area contributed by atoms with Crippen molar-refractivity contribution in [2.24, 2.45) is 0 Å². The van der Waals surface area contributed by atoms with E-state index in [-0.39, 0.29) is 24.8 Å². The fraction of sp³-hybridized carbons (Fsp3) is 0.467. The lowest BCUT2D eigenvalue weighted by molar-refractivity contribution is -0.142. The van der Waals surface area contributed by atoms with Crippen LogP contribution in [0.4, 0.5) is 11.4 Å². The van der Waals surface area contributed by atoms with Gasteiger partial charge in [0.2, 0.25) is 0 Å². The Kier molecular flexibility index (Phi) is 4.67. The predicted molar refractivity (Wildman–Crippen MR) is 79.2 cm³/mol. The van der Waals surface area contributed by atoms with Crippen LogP contribution in [0.5, 0.6) is 5.75 Å². The molecular weight excluding hydrogens is 272 g/mol. The summed E-state index contributed by atoms with van der Waals surface area (Å²) in [5.41, 5.74) is 6.95. The highest BCUT2D eigenvalue weighted by molar-refractivity contribution is 6.03. The number of hydrogen-bond acceptors (Lipinski definition) is 5. The average molecular weight is 292 g/mol. The van der Waals surface area contributed by atoms with Crippen molar-refractivity contribution in [3.8, 4) is 5.75 Å². The number of carbonyl (C=O) groups is 2. The maximum atomic E-state index is 12.4. The maximum Gasteiger partial charge on any atom is 0.307 e. The van der Waals surface area contributed by atoms with Crippen LogP contribution in [-0.2, 0) is 14.3 Å². The van der Waals surface area contributed by atoms with E-state index in [0.29, 0.717) is 30.2 Å². The third-order valence-corrected chi connectivity index (χ3v) is 3.33. The molecule has 0 radical (unpaired) electrons. The second-order valence-corrected chi connectivity index (χ2v) is 4.75. The van der Waals surface area contributed by atoms with E-state index in [1.807, 2.05) is 6.92 Å². The molecule has 0 aromatic heterocycles. The van der Waals surface area contributed by atoms with Crippen molar-refractivity contribution in [3.05, 3.63) is 18.2 Å². The smallest absolute Gasteiger partial charge is 0.307 e. The highest BCUT2D eigenvalue weighted by Crippen LogP contribution is 2.39. The van der Waals surface area contributed by atoms with Crippen molar-refractivity contribution in [1.82, 2.24) is 0 Å². The molecule has 0 fully saturated rings. The summed E-state index contributed by atoms with van der Waals surface area (Å²) in [4.78, 5) is 25.5. The first-order valence-corrected chi connectivity index (χ1v) is 7.10. The van der Waals surface area contributed by atoms with Crippen molar-refractivity contribution < 1.29 is 19.1 Å². The van der Waals surface area contributed by atoms with Crippen LogP contribution in [0.25, 0.3) is 0 Å². The summed E-state index contributed by atoms with van der Waals surface area (Å²) in [5.74, 6) is 0.0680. The van der Waals surface area contributed by atoms with E-state index in [9.17, 15) is 9.59 Å². The Bertz CT molecular complexity index is 544. The van der Waals surface area contributed by atoms with Gasteiger partial charge in [0.05, 0.1) is 18.7 Å². The van der Waals surface area contributed by atoms with Gasteiger partial charge in [-0.3, -0.25) is 9.59 Å². The zero-order valence-electron chi connectivity index (χ0n) is 12.3. The number of anilines is 2. The molecule has 1 aliphatic rings. The second kappa shape index (κ2) is 6.47. The van der Waals surface area contributed by atoms with E-state index in [0.717, 1.165) is 0 Å². The molecule has 0 spiro atoms. The molecule has 1 aliphatic heterocycles. The Labute approximate surface area is 123 Å². The van der Waals surface area contributed by atoms with E-state index in [1.54, 1.807) is 25.1 Å².